The van der Waals surface area contributed by atoms with Gasteiger partial charge in [0.15, 0.2) is 32.0 Å². The second kappa shape index (κ2) is 24.7. The molecular weight excluding hydrogens is 1150 g/mol. The fourth-order valence-electron chi connectivity index (χ4n) is 5.66. The molecule has 0 unspecified atom stereocenters. The van der Waals surface area contributed by atoms with E-state index in [-0.39, 0.29) is 63.8 Å². The van der Waals surface area contributed by atoms with Gasteiger partial charge in [-0.3, -0.25) is 17.8 Å². The van der Waals surface area contributed by atoms with Crippen LogP contribution in [0.2, 0.25) is 5.28 Å². The van der Waals surface area contributed by atoms with Crippen LogP contribution in [-0.4, -0.2) is 112 Å². The van der Waals surface area contributed by atoms with E-state index in [1.54, 1.807) is 11.8 Å². The van der Waals surface area contributed by atoms with Crippen LogP contribution >= 0.6 is 36.0 Å². The van der Waals surface area contributed by atoms with Crippen molar-refractivity contribution >= 4 is 144 Å². The number of halogens is 1. The third kappa shape index (κ3) is 16.3. The van der Waals surface area contributed by atoms with E-state index in [0.717, 1.165) is 12.1 Å². The monoisotopic (exact) mass is 1180 g/mol. The van der Waals surface area contributed by atoms with E-state index in [1.807, 2.05) is 0 Å². The molecule has 0 amide bonds. The summed E-state index contributed by atoms with van der Waals surface area (Å²) in [5, 5.41) is 42.1. The highest BCUT2D eigenvalue weighted by molar-refractivity contribution is 7.94. The third-order valence-corrected chi connectivity index (χ3v) is 15.7. The van der Waals surface area contributed by atoms with Gasteiger partial charge in [0.2, 0.25) is 17.2 Å². The molecule has 396 valence electrons. The van der Waals surface area contributed by atoms with E-state index in [0.29, 0.717) is 29.9 Å². The van der Waals surface area contributed by atoms with Gasteiger partial charge in [0.1, 0.15) is 32.5 Å². The van der Waals surface area contributed by atoms with E-state index in [4.69, 9.17) is 42.3 Å². The van der Waals surface area contributed by atoms with Gasteiger partial charge in [-0.25, -0.2) is 31.5 Å². The SMILES string of the molecule is CCN(c1ccc(S(=O)(=O)CCOSOOO)cc1)c1nc(Cl)nc(Nc2ccc(SOOO)c(N=Nc3c(N)c(N=Nc4ccc(S(=O)(=O)CCOS(=O)(=O)O)cc4S(=O)(=O)O)cc(S(=O)(=O)O)c3N)c2)n1. The predicted molar refractivity (Wildman–Crippen MR) is 254 cm³/mol. The number of sulfone groups is 2. The van der Waals surface area contributed by atoms with Gasteiger partial charge >= 0.3 is 10.4 Å². The van der Waals surface area contributed by atoms with Gasteiger partial charge in [0.05, 0.1) is 62.8 Å². The fraction of sp³-hybridized carbons (Fsp3) is 0.182. The van der Waals surface area contributed by atoms with Crippen LogP contribution in [0.15, 0.2) is 112 Å². The molecule has 1 aromatic heterocycles. The first-order valence-corrected chi connectivity index (χ1v) is 28.3. The Balaban J connectivity index is 1.48. The number of benzene rings is 4. The summed E-state index contributed by atoms with van der Waals surface area (Å²) in [6.07, 6.45) is 0. The number of nitrogens with zero attached hydrogens (tertiary/aromatic N) is 8. The zero-order valence-electron chi connectivity index (χ0n) is 36.1. The lowest BCUT2D eigenvalue weighted by molar-refractivity contribution is -0.434. The van der Waals surface area contributed by atoms with Crippen molar-refractivity contribution in [1.29, 1.82) is 0 Å². The van der Waals surface area contributed by atoms with E-state index >= 15 is 0 Å². The summed E-state index contributed by atoms with van der Waals surface area (Å²) in [6, 6.07) is 12.2. The molecule has 0 aliphatic carbocycles. The Morgan fingerprint density at radius 3 is 1.93 bits per heavy atom. The highest BCUT2D eigenvalue weighted by atomic mass is 35.5. The number of hydrogen-bond acceptors (Lipinski definition) is 31. The van der Waals surface area contributed by atoms with Crippen molar-refractivity contribution in [2.24, 2.45) is 20.5 Å². The molecule has 0 spiro atoms. The van der Waals surface area contributed by atoms with Gasteiger partial charge in [0, 0.05) is 17.9 Å². The molecule has 40 heteroatoms. The van der Waals surface area contributed by atoms with Crippen LogP contribution in [-0.2, 0) is 77.4 Å². The quantitative estimate of drug-likeness (QED) is 0.00625. The minimum absolute atomic E-state index is 0.00321. The number of aromatic nitrogens is 3. The number of azo groups is 2. The van der Waals surface area contributed by atoms with Crippen LogP contribution in [0.4, 0.5) is 57.4 Å². The van der Waals surface area contributed by atoms with Crippen molar-refractivity contribution in [1.82, 2.24) is 15.0 Å². The number of anilines is 6. The second-order valence-corrected chi connectivity index (χ2v) is 23.1. The molecule has 0 aliphatic rings. The number of hydrogen-bond donors (Lipinski definition) is 8. The summed E-state index contributed by atoms with van der Waals surface area (Å²) in [5.41, 5.74) is 9.19. The van der Waals surface area contributed by atoms with E-state index in [2.05, 4.69) is 63.7 Å². The zero-order valence-corrected chi connectivity index (χ0v) is 42.6. The number of nitrogens with two attached hydrogens (primary N) is 2. The topological polar surface area (TPSA) is 483 Å². The summed E-state index contributed by atoms with van der Waals surface area (Å²) < 4.78 is 169. The van der Waals surface area contributed by atoms with Gasteiger partial charge in [-0.1, -0.05) is 10.1 Å². The summed E-state index contributed by atoms with van der Waals surface area (Å²) in [5.74, 6) is -1.69. The van der Waals surface area contributed by atoms with Crippen LogP contribution in [0.1, 0.15) is 6.92 Å². The fourth-order valence-corrected chi connectivity index (χ4v) is 10.5. The standard InChI is InChI=1S/C33H34ClN11O21S7/c1-2-45(19-4-6-20(7-5-19)69(48,49)13-11-61-68-66-64-47)33-39-31(34)38-32(40-33)37-18-3-10-25(67-65-63-46)23(15-18)42-44-30-28(35)24(17-27(29(30)36)72(55,56)57)43-41-22-9-8-21(16-26(22)71(52,53)54)70(50,51)14-12-62-73(58,59)60/h3-10,15-17,46-47H,2,11-14,35-36H2,1H3,(H,52,53,54)(H,55,56,57)(H,58,59,60)(H,37,38,39,40). The summed E-state index contributed by atoms with van der Waals surface area (Å²) in [6.45, 7) is 0.577. The molecule has 5 rings (SSSR count). The lowest BCUT2D eigenvalue weighted by atomic mass is 10.2. The molecule has 1 heterocycles. The summed E-state index contributed by atoms with van der Waals surface area (Å²) in [4.78, 5) is 11.2. The molecule has 0 bridgehead atoms. The summed E-state index contributed by atoms with van der Waals surface area (Å²) in [7, 11) is -24.0. The molecule has 0 radical (unpaired) electrons. The highest BCUT2D eigenvalue weighted by Crippen LogP contribution is 2.44. The molecule has 0 saturated carbocycles. The van der Waals surface area contributed by atoms with Crippen molar-refractivity contribution in [2.75, 3.05) is 52.9 Å². The van der Waals surface area contributed by atoms with E-state index in [9.17, 15) is 51.2 Å². The largest absolute Gasteiger partial charge is 0.397 e. The van der Waals surface area contributed by atoms with Crippen LogP contribution < -0.4 is 21.7 Å². The molecule has 0 saturated heterocycles. The van der Waals surface area contributed by atoms with Crippen molar-refractivity contribution < 1.29 is 93.4 Å². The minimum Gasteiger partial charge on any atom is -0.396 e. The maximum atomic E-state index is 12.8. The van der Waals surface area contributed by atoms with Crippen LogP contribution in [0.25, 0.3) is 0 Å². The highest BCUT2D eigenvalue weighted by Gasteiger charge is 2.26. The predicted octanol–water partition coefficient (Wildman–Crippen LogP) is 5.71. The van der Waals surface area contributed by atoms with Crippen molar-refractivity contribution in [3.63, 3.8) is 0 Å². The first-order chi connectivity index (χ1) is 34.2. The molecule has 0 aliphatic heterocycles. The average Bonchev–Trinajstić information content (AvgIpc) is 3.30. The Hall–Kier alpha value is -5.41. The maximum absolute atomic E-state index is 12.8. The first kappa shape index (κ1) is 58.5. The van der Waals surface area contributed by atoms with Gasteiger partial charge in [-0.05, 0) is 85.3 Å². The van der Waals surface area contributed by atoms with Crippen LogP contribution in [0.5, 0.6) is 0 Å². The lowest BCUT2D eigenvalue weighted by Crippen LogP contribution is -2.20. The number of rotatable bonds is 26. The van der Waals surface area contributed by atoms with Gasteiger partial charge in [0.25, 0.3) is 20.2 Å². The Bertz CT molecular complexity index is 3470. The average molecular weight is 1180 g/mol. The smallest absolute Gasteiger partial charge is 0.396 e. The van der Waals surface area contributed by atoms with Crippen LogP contribution in [0.3, 0.4) is 0 Å². The number of nitrogen functional groups attached to an aromatic ring is 2. The minimum atomic E-state index is -5.32. The maximum Gasteiger partial charge on any atom is 0.397 e. The Labute approximate surface area is 426 Å². The Morgan fingerprint density at radius 1 is 0.685 bits per heavy atom. The number of nitrogens with one attached hydrogen (secondary N) is 1. The van der Waals surface area contributed by atoms with Crippen molar-refractivity contribution in [3.05, 3.63) is 72.0 Å². The van der Waals surface area contributed by atoms with E-state index in [1.165, 1.54) is 42.5 Å². The zero-order chi connectivity index (χ0) is 53.9. The molecular formula is C33H34ClN11O21S7. The molecule has 32 nitrogen and oxygen atoms in total. The summed E-state index contributed by atoms with van der Waals surface area (Å²) >= 11 is 6.90. The second-order valence-electron chi connectivity index (χ2n) is 13.5. The molecule has 73 heavy (non-hydrogen) atoms. The Kier molecular flexibility index (Phi) is 19.8. The molecule has 4 aromatic carbocycles. The van der Waals surface area contributed by atoms with E-state index < -0.39 is 112 Å². The normalized spacial score (nSPS) is 12.8. The lowest BCUT2D eigenvalue weighted by Gasteiger charge is -2.21. The molecule has 0 fully saturated rings. The van der Waals surface area contributed by atoms with Gasteiger partial charge < -0.3 is 21.7 Å². The molecule has 5 aromatic rings. The van der Waals surface area contributed by atoms with Crippen molar-refractivity contribution in [2.45, 2.75) is 31.4 Å². The first-order valence-electron chi connectivity index (χ1n) is 19.0. The molecule has 0 atom stereocenters. The third-order valence-electron chi connectivity index (χ3n) is 8.85. The van der Waals surface area contributed by atoms with Crippen LogP contribution in [0, 0.1) is 0 Å². The molecule has 10 N–H and O–H groups in total. The van der Waals surface area contributed by atoms with Gasteiger partial charge in [-0.2, -0.15) is 40.2 Å². The Morgan fingerprint density at radius 2 is 1.30 bits per heavy atom. The van der Waals surface area contributed by atoms with Crippen molar-refractivity contribution in [3.8, 4) is 0 Å². The van der Waals surface area contributed by atoms with Gasteiger partial charge in [-0.15, -0.1) is 29.1 Å².